The van der Waals surface area contributed by atoms with E-state index < -0.39 is 21.9 Å². The summed E-state index contributed by atoms with van der Waals surface area (Å²) in [7, 11) is -0.572. The summed E-state index contributed by atoms with van der Waals surface area (Å²) >= 11 is 0. The normalized spacial score (nSPS) is 22.8. The van der Waals surface area contributed by atoms with Gasteiger partial charge >= 0.3 is 5.97 Å². The third kappa shape index (κ3) is 3.01. The molecule has 1 N–H and O–H groups in total. The van der Waals surface area contributed by atoms with E-state index in [2.05, 4.69) is 4.98 Å². The van der Waals surface area contributed by atoms with E-state index in [1.54, 1.807) is 6.07 Å². The molecule has 0 bridgehead atoms. The van der Waals surface area contributed by atoms with Gasteiger partial charge in [0.1, 0.15) is 10.7 Å². The molecular formula is C13H19N3O4S. The van der Waals surface area contributed by atoms with Crippen molar-refractivity contribution in [3.63, 3.8) is 0 Å². The van der Waals surface area contributed by atoms with E-state index in [1.165, 1.54) is 26.4 Å². The predicted octanol–water partition coefficient (Wildman–Crippen LogP) is 0.489. The maximum atomic E-state index is 12.0. The number of anilines is 1. The third-order valence-corrected chi connectivity index (χ3v) is 5.55. The smallest absolute Gasteiger partial charge is 0.308 e. The quantitative estimate of drug-likeness (QED) is 0.870. The topological polar surface area (TPSA) is 90.8 Å². The van der Waals surface area contributed by atoms with Gasteiger partial charge in [-0.1, -0.05) is 6.92 Å². The molecule has 0 saturated carbocycles. The van der Waals surface area contributed by atoms with Crippen LogP contribution < -0.4 is 4.90 Å². The Balaban J connectivity index is 2.20. The molecule has 0 radical (unpaired) electrons. The van der Waals surface area contributed by atoms with Gasteiger partial charge in [-0.3, -0.25) is 4.79 Å². The number of nitrogens with zero attached hydrogens (tertiary/aromatic N) is 3. The largest absolute Gasteiger partial charge is 0.481 e. The fourth-order valence-electron chi connectivity index (χ4n) is 2.40. The molecule has 0 aliphatic carbocycles. The van der Waals surface area contributed by atoms with Gasteiger partial charge in [-0.05, 0) is 18.1 Å². The average Bonchev–Trinajstić information content (AvgIpc) is 2.81. The Morgan fingerprint density at radius 1 is 1.38 bits per heavy atom. The van der Waals surface area contributed by atoms with E-state index >= 15 is 0 Å². The van der Waals surface area contributed by atoms with E-state index in [-0.39, 0.29) is 10.8 Å². The summed E-state index contributed by atoms with van der Waals surface area (Å²) < 4.78 is 25.0. The molecule has 2 atom stereocenters. The number of aliphatic carboxylic acids is 1. The molecule has 0 aromatic carbocycles. The summed E-state index contributed by atoms with van der Waals surface area (Å²) in [6.07, 6.45) is 1.31. The van der Waals surface area contributed by atoms with Crippen LogP contribution in [0.5, 0.6) is 0 Å². The van der Waals surface area contributed by atoms with Crippen LogP contribution in [0.25, 0.3) is 0 Å². The Hall–Kier alpha value is -1.67. The number of pyridine rings is 1. The average molecular weight is 313 g/mol. The molecule has 8 heteroatoms. The minimum absolute atomic E-state index is 0.0366. The molecule has 1 aliphatic rings. The molecule has 0 unspecified atom stereocenters. The summed E-state index contributed by atoms with van der Waals surface area (Å²) in [4.78, 5) is 17.3. The highest BCUT2D eigenvalue weighted by Gasteiger charge is 2.35. The zero-order valence-corrected chi connectivity index (χ0v) is 13.0. The van der Waals surface area contributed by atoms with Crippen LogP contribution >= 0.6 is 0 Å². The Morgan fingerprint density at radius 2 is 2.05 bits per heavy atom. The van der Waals surface area contributed by atoms with Crippen LogP contribution in [0.4, 0.5) is 5.82 Å². The van der Waals surface area contributed by atoms with Gasteiger partial charge in [0.25, 0.3) is 0 Å². The molecule has 2 heterocycles. The van der Waals surface area contributed by atoms with Gasteiger partial charge in [0.15, 0.2) is 0 Å². The second kappa shape index (κ2) is 5.61. The molecule has 1 aromatic rings. The van der Waals surface area contributed by atoms with Gasteiger partial charge in [-0.25, -0.2) is 17.7 Å². The predicted molar refractivity (Wildman–Crippen MR) is 77.6 cm³/mol. The van der Waals surface area contributed by atoms with Crippen molar-refractivity contribution in [2.24, 2.45) is 11.8 Å². The van der Waals surface area contributed by atoms with Gasteiger partial charge in [-0.15, -0.1) is 0 Å². The van der Waals surface area contributed by atoms with E-state index in [0.717, 1.165) is 4.31 Å². The summed E-state index contributed by atoms with van der Waals surface area (Å²) in [5.41, 5.74) is 0. The lowest BCUT2D eigenvalue weighted by atomic mass is 9.99. The number of hydrogen-bond donors (Lipinski definition) is 1. The monoisotopic (exact) mass is 313 g/mol. The standard InChI is InChI=1S/C13H19N3O4S/c1-9-7-16(8-11(9)13(17)18)12-5-4-10(6-14-12)21(19,20)15(2)3/h4-6,9,11H,7-8H2,1-3H3,(H,17,18)/t9-,11-/m1/s1. The number of rotatable bonds is 4. The van der Waals surface area contributed by atoms with E-state index in [1.807, 2.05) is 11.8 Å². The maximum absolute atomic E-state index is 12.0. The molecule has 116 valence electrons. The van der Waals surface area contributed by atoms with Crippen LogP contribution in [0.2, 0.25) is 0 Å². The van der Waals surface area contributed by atoms with Gasteiger partial charge < -0.3 is 10.0 Å². The second-order valence-electron chi connectivity index (χ2n) is 5.47. The van der Waals surface area contributed by atoms with E-state index in [9.17, 15) is 13.2 Å². The molecule has 21 heavy (non-hydrogen) atoms. The Morgan fingerprint density at radius 3 is 2.48 bits per heavy atom. The first-order valence-electron chi connectivity index (χ1n) is 6.60. The number of aromatic nitrogens is 1. The molecule has 1 fully saturated rings. The number of carboxylic acids is 1. The summed E-state index contributed by atoms with van der Waals surface area (Å²) in [5.74, 6) is -0.591. The van der Waals surface area contributed by atoms with E-state index in [4.69, 9.17) is 5.11 Å². The first-order chi connectivity index (χ1) is 9.73. The van der Waals surface area contributed by atoms with Gasteiger partial charge in [0, 0.05) is 33.4 Å². The van der Waals surface area contributed by atoms with Crippen LogP contribution in [-0.4, -0.2) is 56.0 Å². The van der Waals surface area contributed by atoms with Crippen molar-refractivity contribution in [1.82, 2.24) is 9.29 Å². The van der Waals surface area contributed by atoms with Crippen molar-refractivity contribution in [1.29, 1.82) is 0 Å². The summed E-state index contributed by atoms with van der Waals surface area (Å²) in [6.45, 7) is 2.89. The third-order valence-electron chi connectivity index (χ3n) is 3.75. The number of sulfonamides is 1. The molecule has 1 aliphatic heterocycles. The number of hydrogen-bond acceptors (Lipinski definition) is 5. The van der Waals surface area contributed by atoms with Crippen LogP contribution in [0.15, 0.2) is 23.2 Å². The van der Waals surface area contributed by atoms with Gasteiger partial charge in [0.05, 0.1) is 5.92 Å². The lowest BCUT2D eigenvalue weighted by Gasteiger charge is -2.17. The number of carbonyl (C=O) groups is 1. The molecule has 0 amide bonds. The summed E-state index contributed by atoms with van der Waals surface area (Å²) in [5, 5.41) is 9.13. The van der Waals surface area contributed by atoms with Crippen molar-refractivity contribution in [2.45, 2.75) is 11.8 Å². The van der Waals surface area contributed by atoms with Crippen LogP contribution in [0.3, 0.4) is 0 Å². The van der Waals surface area contributed by atoms with Gasteiger partial charge in [-0.2, -0.15) is 0 Å². The Kier molecular flexibility index (Phi) is 4.20. The molecule has 1 aromatic heterocycles. The second-order valence-corrected chi connectivity index (χ2v) is 7.62. The minimum Gasteiger partial charge on any atom is -0.481 e. The fraction of sp³-hybridized carbons (Fsp3) is 0.538. The lowest BCUT2D eigenvalue weighted by Crippen LogP contribution is -2.24. The highest BCUT2D eigenvalue weighted by Crippen LogP contribution is 2.27. The van der Waals surface area contributed by atoms with Crippen LogP contribution in [-0.2, 0) is 14.8 Å². The SMILES string of the molecule is C[C@@H]1CN(c2ccc(S(=O)(=O)N(C)C)cn2)C[C@H]1C(=O)O. The lowest BCUT2D eigenvalue weighted by molar-refractivity contribution is -0.142. The van der Waals surface area contributed by atoms with Crippen LogP contribution in [0, 0.1) is 11.8 Å². The van der Waals surface area contributed by atoms with Crippen molar-refractivity contribution >= 4 is 21.8 Å². The molecule has 7 nitrogen and oxygen atoms in total. The molecule has 1 saturated heterocycles. The van der Waals surface area contributed by atoms with Crippen molar-refractivity contribution in [3.05, 3.63) is 18.3 Å². The van der Waals surface area contributed by atoms with E-state index in [0.29, 0.717) is 18.9 Å². The number of carboxylic acid groups (broad SMARTS) is 1. The van der Waals surface area contributed by atoms with Crippen molar-refractivity contribution in [3.8, 4) is 0 Å². The van der Waals surface area contributed by atoms with Gasteiger partial charge in [0.2, 0.25) is 10.0 Å². The zero-order chi connectivity index (χ0) is 15.8. The Labute approximate surface area is 124 Å². The molecule has 0 spiro atoms. The first-order valence-corrected chi connectivity index (χ1v) is 8.04. The maximum Gasteiger partial charge on any atom is 0.308 e. The molecular weight excluding hydrogens is 294 g/mol. The fourth-order valence-corrected chi connectivity index (χ4v) is 3.25. The highest BCUT2D eigenvalue weighted by atomic mass is 32.2. The van der Waals surface area contributed by atoms with Crippen molar-refractivity contribution < 1.29 is 18.3 Å². The zero-order valence-electron chi connectivity index (χ0n) is 12.2. The summed E-state index contributed by atoms with van der Waals surface area (Å²) in [6, 6.07) is 3.11. The van der Waals surface area contributed by atoms with Crippen molar-refractivity contribution in [2.75, 3.05) is 32.1 Å². The molecule has 2 rings (SSSR count). The minimum atomic E-state index is -3.49. The Bertz CT molecular complexity index is 627. The first kappa shape index (κ1) is 15.7. The van der Waals surface area contributed by atoms with Crippen LogP contribution in [0.1, 0.15) is 6.92 Å². The highest BCUT2D eigenvalue weighted by molar-refractivity contribution is 7.89.